The van der Waals surface area contributed by atoms with Gasteiger partial charge in [-0.05, 0) is 44.0 Å². The zero-order chi connectivity index (χ0) is 14.8. The van der Waals surface area contributed by atoms with Gasteiger partial charge in [0, 0.05) is 43.8 Å². The number of benzene rings is 1. The highest BCUT2D eigenvalue weighted by molar-refractivity contribution is 5.37. The van der Waals surface area contributed by atoms with Crippen LogP contribution in [0.3, 0.4) is 0 Å². The van der Waals surface area contributed by atoms with Gasteiger partial charge in [0.2, 0.25) is 0 Å². The molecule has 2 atom stereocenters. The first kappa shape index (κ1) is 14.8. The molecule has 4 nitrogen and oxygen atoms in total. The summed E-state index contributed by atoms with van der Waals surface area (Å²) in [5.41, 5.74) is 8.27. The molecule has 2 N–H and O–H groups in total. The second-order valence-electron chi connectivity index (χ2n) is 6.42. The molecule has 0 spiro atoms. The van der Waals surface area contributed by atoms with Crippen LogP contribution in [0.25, 0.3) is 0 Å². The standard InChI is InChI=1S/C17H27N3O/c1-19-15-4-5-16(19)12-20(8-7-15)11-13-3-6-17(21-2)14(9-13)10-18/h3,6,9,15-16H,4-5,7-8,10-12,18H2,1-2H3. The van der Waals surface area contributed by atoms with Gasteiger partial charge in [0.25, 0.3) is 0 Å². The summed E-state index contributed by atoms with van der Waals surface area (Å²) in [5, 5.41) is 0. The first-order chi connectivity index (χ1) is 10.2. The third-order valence-corrected chi connectivity index (χ3v) is 5.20. The zero-order valence-electron chi connectivity index (χ0n) is 13.2. The fourth-order valence-electron chi connectivity index (χ4n) is 3.87. The third kappa shape index (κ3) is 3.07. The number of hydrogen-bond acceptors (Lipinski definition) is 4. The Hall–Kier alpha value is -1.10. The number of fused-ring (bicyclic) bond motifs is 2. The maximum Gasteiger partial charge on any atom is 0.123 e. The average molecular weight is 289 g/mol. The van der Waals surface area contributed by atoms with Crippen LogP contribution in [0.15, 0.2) is 18.2 Å². The summed E-state index contributed by atoms with van der Waals surface area (Å²) in [6, 6.07) is 7.96. The maximum absolute atomic E-state index is 5.82. The molecule has 116 valence electrons. The van der Waals surface area contributed by atoms with Crippen molar-refractivity contribution in [3.8, 4) is 5.75 Å². The molecular weight excluding hydrogens is 262 g/mol. The van der Waals surface area contributed by atoms with Gasteiger partial charge in [-0.1, -0.05) is 6.07 Å². The molecule has 2 fully saturated rings. The Labute approximate surface area is 127 Å². The van der Waals surface area contributed by atoms with E-state index in [1.807, 2.05) is 6.07 Å². The monoisotopic (exact) mass is 289 g/mol. The topological polar surface area (TPSA) is 41.7 Å². The van der Waals surface area contributed by atoms with Crippen molar-refractivity contribution in [3.05, 3.63) is 29.3 Å². The predicted molar refractivity (Wildman–Crippen MR) is 85.4 cm³/mol. The summed E-state index contributed by atoms with van der Waals surface area (Å²) < 4.78 is 5.36. The first-order valence-electron chi connectivity index (χ1n) is 8.01. The summed E-state index contributed by atoms with van der Waals surface area (Å²) in [6.07, 6.45) is 4.04. The van der Waals surface area contributed by atoms with Crippen LogP contribution in [-0.2, 0) is 13.1 Å². The number of hydrogen-bond donors (Lipinski definition) is 1. The molecule has 2 heterocycles. The van der Waals surface area contributed by atoms with E-state index in [1.165, 1.54) is 37.9 Å². The highest BCUT2D eigenvalue weighted by Crippen LogP contribution is 2.29. The van der Waals surface area contributed by atoms with E-state index in [0.717, 1.165) is 29.9 Å². The molecule has 0 radical (unpaired) electrons. The number of methoxy groups -OCH3 is 1. The SMILES string of the molecule is COc1ccc(CN2CCC3CCC(C2)N3C)cc1CN. The van der Waals surface area contributed by atoms with Crippen molar-refractivity contribution in [2.45, 2.75) is 44.4 Å². The number of nitrogens with two attached hydrogens (primary N) is 1. The largest absolute Gasteiger partial charge is 0.496 e. The summed E-state index contributed by atoms with van der Waals surface area (Å²) in [6.45, 7) is 3.95. The lowest BCUT2D eigenvalue weighted by molar-refractivity contribution is 0.214. The van der Waals surface area contributed by atoms with Crippen molar-refractivity contribution in [1.29, 1.82) is 0 Å². The van der Waals surface area contributed by atoms with E-state index in [2.05, 4.69) is 29.0 Å². The van der Waals surface area contributed by atoms with E-state index in [4.69, 9.17) is 10.5 Å². The molecule has 1 aromatic rings. The molecule has 4 heteroatoms. The van der Waals surface area contributed by atoms with Crippen LogP contribution in [0.2, 0.25) is 0 Å². The van der Waals surface area contributed by atoms with Crippen molar-refractivity contribution < 1.29 is 4.74 Å². The Kier molecular flexibility index (Phi) is 4.48. The number of rotatable bonds is 4. The van der Waals surface area contributed by atoms with Crippen LogP contribution in [0.1, 0.15) is 30.4 Å². The zero-order valence-corrected chi connectivity index (χ0v) is 13.2. The quantitative estimate of drug-likeness (QED) is 0.918. The van der Waals surface area contributed by atoms with Crippen molar-refractivity contribution in [2.24, 2.45) is 5.73 Å². The van der Waals surface area contributed by atoms with E-state index in [9.17, 15) is 0 Å². The lowest BCUT2D eigenvalue weighted by Gasteiger charge is -2.26. The highest BCUT2D eigenvalue weighted by atomic mass is 16.5. The molecule has 0 saturated carbocycles. The van der Waals surface area contributed by atoms with Gasteiger partial charge in [-0.3, -0.25) is 9.80 Å². The molecule has 0 aromatic heterocycles. The van der Waals surface area contributed by atoms with E-state index >= 15 is 0 Å². The number of ether oxygens (including phenoxy) is 1. The van der Waals surface area contributed by atoms with Crippen LogP contribution in [-0.4, -0.2) is 49.1 Å². The van der Waals surface area contributed by atoms with Gasteiger partial charge in [0.15, 0.2) is 0 Å². The second-order valence-corrected chi connectivity index (χ2v) is 6.42. The van der Waals surface area contributed by atoms with Gasteiger partial charge in [-0.15, -0.1) is 0 Å². The Morgan fingerprint density at radius 3 is 2.81 bits per heavy atom. The van der Waals surface area contributed by atoms with Gasteiger partial charge in [-0.25, -0.2) is 0 Å². The summed E-state index contributed by atoms with van der Waals surface area (Å²) in [5.74, 6) is 0.899. The van der Waals surface area contributed by atoms with Crippen LogP contribution >= 0.6 is 0 Å². The Morgan fingerprint density at radius 1 is 1.24 bits per heavy atom. The number of likely N-dealkylation sites (tertiary alicyclic amines) is 1. The second kappa shape index (κ2) is 6.34. The van der Waals surface area contributed by atoms with Gasteiger partial charge in [-0.2, -0.15) is 0 Å². The van der Waals surface area contributed by atoms with Crippen molar-refractivity contribution in [3.63, 3.8) is 0 Å². The van der Waals surface area contributed by atoms with Crippen molar-refractivity contribution in [1.82, 2.24) is 9.80 Å². The van der Waals surface area contributed by atoms with Gasteiger partial charge in [0.1, 0.15) is 5.75 Å². The molecule has 0 aliphatic carbocycles. The molecule has 2 unspecified atom stereocenters. The minimum Gasteiger partial charge on any atom is -0.496 e. The molecular formula is C17H27N3O. The van der Waals surface area contributed by atoms with Crippen LogP contribution < -0.4 is 10.5 Å². The summed E-state index contributed by atoms with van der Waals surface area (Å²) >= 11 is 0. The minimum atomic E-state index is 0.532. The first-order valence-corrected chi connectivity index (χ1v) is 8.01. The number of nitrogens with zero attached hydrogens (tertiary/aromatic N) is 2. The van der Waals surface area contributed by atoms with Crippen molar-refractivity contribution in [2.75, 3.05) is 27.2 Å². The van der Waals surface area contributed by atoms with E-state index < -0.39 is 0 Å². The maximum atomic E-state index is 5.82. The molecule has 2 aliphatic heterocycles. The average Bonchev–Trinajstić information content (AvgIpc) is 2.75. The van der Waals surface area contributed by atoms with Crippen LogP contribution in [0.4, 0.5) is 0 Å². The Balaban J connectivity index is 1.69. The summed E-state index contributed by atoms with van der Waals surface area (Å²) in [4.78, 5) is 5.20. The molecule has 1 aromatic carbocycles. The smallest absolute Gasteiger partial charge is 0.123 e. The third-order valence-electron chi connectivity index (χ3n) is 5.20. The molecule has 0 amide bonds. The Morgan fingerprint density at radius 2 is 2.05 bits per heavy atom. The van der Waals surface area contributed by atoms with E-state index in [1.54, 1.807) is 7.11 Å². The summed E-state index contributed by atoms with van der Waals surface area (Å²) in [7, 11) is 4.00. The Bertz CT molecular complexity index is 491. The molecule has 2 aliphatic rings. The van der Waals surface area contributed by atoms with Gasteiger partial charge in [0.05, 0.1) is 7.11 Å². The fourth-order valence-corrected chi connectivity index (χ4v) is 3.87. The molecule has 2 saturated heterocycles. The van der Waals surface area contributed by atoms with Crippen LogP contribution in [0.5, 0.6) is 5.75 Å². The van der Waals surface area contributed by atoms with Gasteiger partial charge >= 0.3 is 0 Å². The number of likely N-dealkylation sites (N-methyl/N-ethyl adjacent to an activating group) is 1. The van der Waals surface area contributed by atoms with Gasteiger partial charge < -0.3 is 10.5 Å². The van der Waals surface area contributed by atoms with E-state index in [-0.39, 0.29) is 0 Å². The lowest BCUT2D eigenvalue weighted by Crippen LogP contribution is -2.36. The van der Waals surface area contributed by atoms with Crippen LogP contribution in [0, 0.1) is 0 Å². The molecule has 2 bridgehead atoms. The lowest BCUT2D eigenvalue weighted by atomic mass is 10.1. The highest BCUT2D eigenvalue weighted by Gasteiger charge is 2.34. The van der Waals surface area contributed by atoms with E-state index in [0.29, 0.717) is 6.54 Å². The minimum absolute atomic E-state index is 0.532. The molecule has 3 rings (SSSR count). The normalized spacial score (nSPS) is 26.8. The molecule has 21 heavy (non-hydrogen) atoms. The van der Waals surface area contributed by atoms with Crippen molar-refractivity contribution >= 4 is 0 Å². The fraction of sp³-hybridized carbons (Fsp3) is 0.647. The predicted octanol–water partition coefficient (Wildman–Crippen LogP) is 1.82.